The van der Waals surface area contributed by atoms with Gasteiger partial charge in [-0.1, -0.05) is 12.8 Å². The number of nitrogens with zero attached hydrogens (tertiary/aromatic N) is 1. The average Bonchev–Trinajstić information content (AvgIpc) is 3.12. The maximum Gasteiger partial charge on any atom is 0.323 e. The van der Waals surface area contributed by atoms with E-state index in [2.05, 4.69) is 0 Å². The van der Waals surface area contributed by atoms with Gasteiger partial charge >= 0.3 is 5.97 Å². The number of benzene rings is 1. The third kappa shape index (κ3) is 4.69. The Morgan fingerprint density at radius 2 is 1.85 bits per heavy atom. The zero-order valence-corrected chi connectivity index (χ0v) is 15.9. The molecule has 0 atom stereocenters. The van der Waals surface area contributed by atoms with E-state index in [1.165, 1.54) is 32.1 Å². The number of hydrogen-bond donors (Lipinski definition) is 1. The van der Waals surface area contributed by atoms with E-state index in [1.54, 1.807) is 6.07 Å². The lowest BCUT2D eigenvalue weighted by molar-refractivity contribution is -0.138. The van der Waals surface area contributed by atoms with Crippen LogP contribution in [0.5, 0.6) is 11.5 Å². The fourth-order valence-electron chi connectivity index (χ4n) is 3.14. The number of methoxy groups -OCH3 is 2. The molecular weight excluding hydrogens is 358 g/mol. The van der Waals surface area contributed by atoms with Crippen molar-refractivity contribution in [3.05, 3.63) is 17.7 Å². The summed E-state index contributed by atoms with van der Waals surface area (Å²) >= 11 is 0.888. The highest BCUT2D eigenvalue weighted by atomic mass is 32.2. The van der Waals surface area contributed by atoms with E-state index in [-0.39, 0.29) is 23.3 Å². The molecule has 0 aliphatic heterocycles. The zero-order chi connectivity index (χ0) is 19.3. The van der Waals surface area contributed by atoms with Crippen molar-refractivity contribution in [2.24, 2.45) is 0 Å². The summed E-state index contributed by atoms with van der Waals surface area (Å²) in [5.41, 5.74) is 0.217. The molecule has 0 saturated heterocycles. The van der Waals surface area contributed by atoms with E-state index in [0.29, 0.717) is 16.4 Å². The number of ether oxygens (including phenoxy) is 2. The van der Waals surface area contributed by atoms with Crippen LogP contribution in [0.15, 0.2) is 17.0 Å². The predicted molar refractivity (Wildman–Crippen MR) is 97.0 cm³/mol. The van der Waals surface area contributed by atoms with Crippen molar-refractivity contribution in [3.63, 3.8) is 0 Å². The minimum atomic E-state index is -1.07. The van der Waals surface area contributed by atoms with Gasteiger partial charge in [0, 0.05) is 19.0 Å². The van der Waals surface area contributed by atoms with E-state index in [1.807, 2.05) is 0 Å². The first-order valence-corrected chi connectivity index (χ1v) is 9.16. The van der Waals surface area contributed by atoms with Crippen LogP contribution in [0.1, 0.15) is 43.0 Å². The molecule has 0 aromatic heterocycles. The van der Waals surface area contributed by atoms with Crippen LogP contribution in [-0.4, -0.2) is 53.8 Å². The van der Waals surface area contributed by atoms with Crippen molar-refractivity contribution in [1.82, 2.24) is 4.90 Å². The third-order valence-electron chi connectivity index (χ3n) is 4.29. The van der Waals surface area contributed by atoms with Crippen LogP contribution in [0.3, 0.4) is 0 Å². The second-order valence-electron chi connectivity index (χ2n) is 6.07. The summed E-state index contributed by atoms with van der Waals surface area (Å²) in [4.78, 5) is 38.0. The van der Waals surface area contributed by atoms with E-state index in [4.69, 9.17) is 9.47 Å². The van der Waals surface area contributed by atoms with Gasteiger partial charge in [-0.25, -0.2) is 0 Å². The molecule has 1 aliphatic carbocycles. The second-order valence-corrected chi connectivity index (χ2v) is 7.25. The van der Waals surface area contributed by atoms with Gasteiger partial charge in [-0.2, -0.15) is 0 Å². The maximum atomic E-state index is 13.2. The first-order valence-electron chi connectivity index (χ1n) is 8.34. The topological polar surface area (TPSA) is 93.1 Å². The number of hydrogen-bond acceptors (Lipinski definition) is 6. The largest absolute Gasteiger partial charge is 0.497 e. The Kier molecular flexibility index (Phi) is 6.90. The van der Waals surface area contributed by atoms with Gasteiger partial charge in [-0.15, -0.1) is 0 Å². The molecule has 2 rings (SSSR count). The quantitative estimate of drug-likeness (QED) is 0.726. The van der Waals surface area contributed by atoms with Crippen molar-refractivity contribution in [3.8, 4) is 11.5 Å². The Balaban J connectivity index is 2.52. The Morgan fingerprint density at radius 1 is 1.19 bits per heavy atom. The summed E-state index contributed by atoms with van der Waals surface area (Å²) in [6, 6.07) is 3.00. The molecule has 26 heavy (non-hydrogen) atoms. The van der Waals surface area contributed by atoms with E-state index in [0.717, 1.165) is 37.4 Å². The fourth-order valence-corrected chi connectivity index (χ4v) is 3.92. The molecule has 8 heteroatoms. The maximum absolute atomic E-state index is 13.2. The standard InChI is InChI=1S/C18H23NO6S/c1-11(20)26-17-14(8-13(24-2)9-15(17)25-3)18(23)19(10-16(21)22)12-6-4-5-7-12/h8-9,12H,4-7,10H2,1-3H3,(H,21,22). The molecule has 0 heterocycles. The summed E-state index contributed by atoms with van der Waals surface area (Å²) in [5.74, 6) is -0.754. The summed E-state index contributed by atoms with van der Waals surface area (Å²) in [7, 11) is 2.91. The first-order chi connectivity index (χ1) is 12.4. The number of aliphatic carboxylic acids is 1. The number of amides is 1. The van der Waals surface area contributed by atoms with Gasteiger partial charge in [0.25, 0.3) is 5.91 Å². The van der Waals surface area contributed by atoms with Crippen LogP contribution in [0.4, 0.5) is 0 Å². The molecule has 0 bridgehead atoms. The number of carboxylic acids is 1. The average molecular weight is 381 g/mol. The number of carboxylic acid groups (broad SMARTS) is 1. The Labute approximate surface area is 156 Å². The van der Waals surface area contributed by atoms with Gasteiger partial charge in [-0.3, -0.25) is 14.4 Å². The van der Waals surface area contributed by atoms with Crippen molar-refractivity contribution >= 4 is 28.8 Å². The van der Waals surface area contributed by atoms with Crippen LogP contribution >= 0.6 is 11.8 Å². The molecule has 0 spiro atoms. The van der Waals surface area contributed by atoms with Crippen LogP contribution < -0.4 is 9.47 Å². The molecule has 1 amide bonds. The highest BCUT2D eigenvalue weighted by Crippen LogP contribution is 2.38. The molecule has 0 unspecified atom stereocenters. The van der Waals surface area contributed by atoms with Gasteiger partial charge in [0.05, 0.1) is 24.7 Å². The number of carbonyl (C=O) groups excluding carboxylic acids is 2. The minimum absolute atomic E-state index is 0.119. The van der Waals surface area contributed by atoms with Gasteiger partial charge < -0.3 is 19.5 Å². The van der Waals surface area contributed by atoms with E-state index < -0.39 is 11.9 Å². The van der Waals surface area contributed by atoms with Crippen molar-refractivity contribution in [1.29, 1.82) is 0 Å². The minimum Gasteiger partial charge on any atom is -0.497 e. The molecule has 142 valence electrons. The molecule has 1 N–H and O–H groups in total. The molecule has 0 radical (unpaired) electrons. The molecule has 1 aromatic rings. The second kappa shape index (κ2) is 8.93. The lowest BCUT2D eigenvalue weighted by Crippen LogP contribution is -2.42. The molecule has 1 aromatic carbocycles. The first kappa shape index (κ1) is 20.1. The third-order valence-corrected chi connectivity index (χ3v) is 5.20. The van der Waals surface area contributed by atoms with Crippen LogP contribution in [-0.2, 0) is 9.59 Å². The van der Waals surface area contributed by atoms with E-state index in [9.17, 15) is 19.5 Å². The van der Waals surface area contributed by atoms with Crippen LogP contribution in [0.2, 0.25) is 0 Å². The SMILES string of the molecule is COc1cc(OC)c(SC(C)=O)c(C(=O)N(CC(=O)O)C2CCCC2)c1. The van der Waals surface area contributed by atoms with Crippen LogP contribution in [0, 0.1) is 0 Å². The normalized spacial score (nSPS) is 14.1. The molecule has 7 nitrogen and oxygen atoms in total. The lowest BCUT2D eigenvalue weighted by Gasteiger charge is -2.28. The number of thioether (sulfide) groups is 1. The van der Waals surface area contributed by atoms with Gasteiger partial charge in [0.1, 0.15) is 18.0 Å². The summed E-state index contributed by atoms with van der Waals surface area (Å²) in [5, 5.41) is 9.05. The molecule has 1 fully saturated rings. The molecule has 1 saturated carbocycles. The van der Waals surface area contributed by atoms with Gasteiger partial charge in [-0.05, 0) is 30.7 Å². The van der Waals surface area contributed by atoms with E-state index >= 15 is 0 Å². The Morgan fingerprint density at radius 3 is 2.35 bits per heavy atom. The summed E-state index contributed by atoms with van der Waals surface area (Å²) < 4.78 is 10.6. The fraction of sp³-hybridized carbons (Fsp3) is 0.500. The predicted octanol–water partition coefficient (Wildman–Crippen LogP) is 2.81. The molecular formula is C18H23NO6S. The van der Waals surface area contributed by atoms with Gasteiger partial charge in [0.15, 0.2) is 5.12 Å². The van der Waals surface area contributed by atoms with Crippen molar-refractivity contribution in [2.45, 2.75) is 43.5 Å². The zero-order valence-electron chi connectivity index (χ0n) is 15.1. The Bertz CT molecular complexity index is 699. The van der Waals surface area contributed by atoms with Gasteiger partial charge in [0.2, 0.25) is 0 Å². The van der Waals surface area contributed by atoms with Crippen LogP contribution in [0.25, 0.3) is 0 Å². The lowest BCUT2D eigenvalue weighted by atomic mass is 10.1. The number of carbonyl (C=O) groups is 3. The highest BCUT2D eigenvalue weighted by molar-refractivity contribution is 8.13. The number of rotatable bonds is 7. The van der Waals surface area contributed by atoms with Crippen molar-refractivity contribution in [2.75, 3.05) is 20.8 Å². The van der Waals surface area contributed by atoms with Crippen molar-refractivity contribution < 1.29 is 29.0 Å². The Hall–Kier alpha value is -2.22. The highest BCUT2D eigenvalue weighted by Gasteiger charge is 2.32. The monoisotopic (exact) mass is 381 g/mol. The summed E-state index contributed by atoms with van der Waals surface area (Å²) in [6.07, 6.45) is 3.47. The molecule has 1 aliphatic rings. The smallest absolute Gasteiger partial charge is 0.323 e. The summed E-state index contributed by atoms with van der Waals surface area (Å²) in [6.45, 7) is 1.02.